The fraction of sp³-hybridized carbons (Fsp3) is 0.235. The van der Waals surface area contributed by atoms with Crippen LogP contribution in [0.15, 0.2) is 42.6 Å². The van der Waals surface area contributed by atoms with Gasteiger partial charge in [0.05, 0.1) is 22.8 Å². The molecule has 1 aromatic carbocycles. The molecule has 0 aliphatic carbocycles. The summed E-state index contributed by atoms with van der Waals surface area (Å²) in [6.07, 6.45) is 1.69. The second-order valence-electron chi connectivity index (χ2n) is 5.68. The predicted octanol–water partition coefficient (Wildman–Crippen LogP) is 3.08. The van der Waals surface area contributed by atoms with E-state index in [1.807, 2.05) is 55.8 Å². The van der Waals surface area contributed by atoms with E-state index in [0.717, 1.165) is 22.4 Å². The van der Waals surface area contributed by atoms with E-state index in [0.29, 0.717) is 5.56 Å². The van der Waals surface area contributed by atoms with Crippen LogP contribution >= 0.6 is 0 Å². The Labute approximate surface area is 134 Å². The molecule has 3 aromatic rings. The number of aryl methyl sites for hydroxylation is 1. The number of amides is 1. The summed E-state index contributed by atoms with van der Waals surface area (Å²) >= 11 is 0. The van der Waals surface area contributed by atoms with Crippen molar-refractivity contribution in [3.05, 3.63) is 53.9 Å². The van der Waals surface area contributed by atoms with E-state index in [9.17, 15) is 4.79 Å². The third-order valence-electron chi connectivity index (χ3n) is 3.52. The van der Waals surface area contributed by atoms with Crippen molar-refractivity contribution >= 4 is 22.6 Å². The second kappa shape index (κ2) is 6.08. The summed E-state index contributed by atoms with van der Waals surface area (Å²) in [6.45, 7) is 5.94. The van der Waals surface area contributed by atoms with Gasteiger partial charge in [0.1, 0.15) is 0 Å². The fourth-order valence-corrected chi connectivity index (χ4v) is 2.43. The highest BCUT2D eigenvalue weighted by atomic mass is 16.2. The first kappa shape index (κ1) is 15.0. The third-order valence-corrected chi connectivity index (χ3v) is 3.52. The molecule has 3 rings (SSSR count). The number of benzene rings is 1. The summed E-state index contributed by atoms with van der Waals surface area (Å²) in [5.41, 5.74) is 8.52. The summed E-state index contributed by atoms with van der Waals surface area (Å²) in [5.74, 6) is -0.215. The van der Waals surface area contributed by atoms with Gasteiger partial charge >= 0.3 is 0 Å². The van der Waals surface area contributed by atoms with Gasteiger partial charge in [-0.05, 0) is 39.0 Å². The largest absolute Gasteiger partial charge is 0.298 e. The maximum atomic E-state index is 12.5. The fourth-order valence-electron chi connectivity index (χ4n) is 2.43. The Morgan fingerprint density at radius 3 is 2.65 bits per heavy atom. The van der Waals surface area contributed by atoms with Gasteiger partial charge in [-0.25, -0.2) is 9.67 Å². The van der Waals surface area contributed by atoms with Crippen LogP contribution in [-0.4, -0.2) is 20.7 Å². The molecule has 0 bridgehead atoms. The molecule has 118 valence electrons. The average Bonchev–Trinajstić information content (AvgIpc) is 2.96. The molecular formula is C17H19N5O. The minimum absolute atomic E-state index is 0.181. The number of hydrazine groups is 1. The van der Waals surface area contributed by atoms with Gasteiger partial charge in [0.25, 0.3) is 5.91 Å². The van der Waals surface area contributed by atoms with Crippen molar-refractivity contribution in [3.63, 3.8) is 0 Å². The van der Waals surface area contributed by atoms with Crippen LogP contribution in [0.3, 0.4) is 0 Å². The number of nitrogens with zero attached hydrogens (tertiary/aromatic N) is 3. The van der Waals surface area contributed by atoms with E-state index in [1.165, 1.54) is 0 Å². The van der Waals surface area contributed by atoms with Gasteiger partial charge in [-0.15, -0.1) is 0 Å². The number of nitrogens with one attached hydrogen (secondary N) is 2. The molecule has 1 amide bonds. The number of hydrogen-bond donors (Lipinski definition) is 2. The van der Waals surface area contributed by atoms with Gasteiger partial charge < -0.3 is 0 Å². The van der Waals surface area contributed by atoms with Crippen LogP contribution in [0.1, 0.15) is 35.9 Å². The smallest absolute Gasteiger partial charge is 0.270 e. The zero-order valence-corrected chi connectivity index (χ0v) is 13.4. The van der Waals surface area contributed by atoms with Crippen molar-refractivity contribution in [2.24, 2.45) is 0 Å². The molecule has 2 aromatic heterocycles. The van der Waals surface area contributed by atoms with Gasteiger partial charge in [-0.3, -0.25) is 15.6 Å². The Balaban J connectivity index is 1.91. The van der Waals surface area contributed by atoms with Crippen molar-refractivity contribution in [2.75, 3.05) is 5.43 Å². The Morgan fingerprint density at radius 2 is 1.96 bits per heavy atom. The summed E-state index contributed by atoms with van der Waals surface area (Å²) in [7, 11) is 0. The minimum Gasteiger partial charge on any atom is -0.298 e. The van der Waals surface area contributed by atoms with Gasteiger partial charge in [0, 0.05) is 11.7 Å². The van der Waals surface area contributed by atoms with E-state index >= 15 is 0 Å². The monoisotopic (exact) mass is 309 g/mol. The van der Waals surface area contributed by atoms with Crippen LogP contribution in [-0.2, 0) is 0 Å². The number of aromatic nitrogens is 3. The topological polar surface area (TPSA) is 71.8 Å². The second-order valence-corrected chi connectivity index (χ2v) is 5.68. The number of carbonyl (C=O) groups excluding carboxylic acids is 1. The van der Waals surface area contributed by atoms with Gasteiger partial charge in [-0.2, -0.15) is 5.10 Å². The molecule has 6 nitrogen and oxygen atoms in total. The average molecular weight is 309 g/mol. The molecular weight excluding hydrogens is 290 g/mol. The minimum atomic E-state index is -0.215. The Bertz CT molecular complexity index is 839. The number of para-hydroxylation sites is 1. The van der Waals surface area contributed by atoms with E-state index in [-0.39, 0.29) is 11.9 Å². The first-order valence-corrected chi connectivity index (χ1v) is 7.52. The van der Waals surface area contributed by atoms with Crippen molar-refractivity contribution in [3.8, 4) is 0 Å². The summed E-state index contributed by atoms with van der Waals surface area (Å²) in [5, 5.41) is 5.10. The maximum Gasteiger partial charge on any atom is 0.270 e. The van der Waals surface area contributed by atoms with Crippen LogP contribution in [0.2, 0.25) is 0 Å². The highest BCUT2D eigenvalue weighted by Gasteiger charge is 2.16. The molecule has 2 N–H and O–H groups in total. The highest BCUT2D eigenvalue weighted by Crippen LogP contribution is 2.21. The van der Waals surface area contributed by atoms with Gasteiger partial charge in [-0.1, -0.05) is 18.2 Å². The van der Waals surface area contributed by atoms with E-state index in [4.69, 9.17) is 0 Å². The number of pyridine rings is 1. The van der Waals surface area contributed by atoms with Crippen LogP contribution < -0.4 is 10.9 Å². The van der Waals surface area contributed by atoms with E-state index in [2.05, 4.69) is 20.9 Å². The standard InChI is InChI=1S/C17H19N5O/c1-11(2)22-16-15(10-18-22)14(9-12(3)19-16)17(23)21-20-13-7-5-4-6-8-13/h4-11,20H,1-3H3,(H,21,23). The zero-order valence-electron chi connectivity index (χ0n) is 13.4. The molecule has 0 fully saturated rings. The van der Waals surface area contributed by atoms with Crippen LogP contribution in [0.5, 0.6) is 0 Å². The molecule has 0 spiro atoms. The molecule has 0 saturated carbocycles. The molecule has 0 unspecified atom stereocenters. The summed E-state index contributed by atoms with van der Waals surface area (Å²) in [6, 6.07) is 11.4. The number of carbonyl (C=O) groups is 1. The lowest BCUT2D eigenvalue weighted by atomic mass is 10.1. The van der Waals surface area contributed by atoms with Crippen LogP contribution in [0, 0.1) is 6.92 Å². The number of anilines is 1. The highest BCUT2D eigenvalue weighted by molar-refractivity contribution is 6.05. The molecule has 0 atom stereocenters. The van der Waals surface area contributed by atoms with Crippen molar-refractivity contribution in [2.45, 2.75) is 26.8 Å². The lowest BCUT2D eigenvalue weighted by Crippen LogP contribution is -2.29. The number of rotatable bonds is 4. The Kier molecular flexibility index (Phi) is 3.97. The van der Waals surface area contributed by atoms with Crippen molar-refractivity contribution in [1.29, 1.82) is 0 Å². The molecule has 0 saturated heterocycles. The lowest BCUT2D eigenvalue weighted by Gasteiger charge is -2.11. The van der Waals surface area contributed by atoms with Crippen molar-refractivity contribution in [1.82, 2.24) is 20.2 Å². The quantitative estimate of drug-likeness (QED) is 0.727. The van der Waals surface area contributed by atoms with Crippen molar-refractivity contribution < 1.29 is 4.79 Å². The molecule has 0 aliphatic rings. The SMILES string of the molecule is Cc1cc(C(=O)NNc2ccccc2)c2cnn(C(C)C)c2n1. The molecule has 0 radical (unpaired) electrons. The third kappa shape index (κ3) is 3.01. The zero-order chi connectivity index (χ0) is 16.4. The molecule has 0 aliphatic heterocycles. The Morgan fingerprint density at radius 1 is 1.22 bits per heavy atom. The first-order valence-electron chi connectivity index (χ1n) is 7.52. The van der Waals surface area contributed by atoms with Crippen LogP contribution in [0.25, 0.3) is 11.0 Å². The van der Waals surface area contributed by atoms with Gasteiger partial charge in [0.2, 0.25) is 0 Å². The summed E-state index contributed by atoms with van der Waals surface area (Å²) in [4.78, 5) is 17.0. The number of fused-ring (bicyclic) bond motifs is 1. The summed E-state index contributed by atoms with van der Waals surface area (Å²) < 4.78 is 1.82. The van der Waals surface area contributed by atoms with E-state index < -0.39 is 0 Å². The molecule has 23 heavy (non-hydrogen) atoms. The van der Waals surface area contributed by atoms with Gasteiger partial charge in [0.15, 0.2) is 5.65 Å². The lowest BCUT2D eigenvalue weighted by molar-refractivity contribution is 0.0964. The molecule has 2 heterocycles. The maximum absolute atomic E-state index is 12.5. The Hall–Kier alpha value is -2.89. The molecule has 6 heteroatoms. The normalized spacial score (nSPS) is 11.0. The first-order chi connectivity index (χ1) is 11.1. The number of hydrogen-bond acceptors (Lipinski definition) is 4. The van der Waals surface area contributed by atoms with E-state index in [1.54, 1.807) is 12.3 Å². The van der Waals surface area contributed by atoms with Crippen LogP contribution in [0.4, 0.5) is 5.69 Å². The predicted molar refractivity (Wildman–Crippen MR) is 90.2 cm³/mol.